The predicted octanol–water partition coefficient (Wildman–Crippen LogP) is 4.13. The smallest absolute Gasteiger partial charge is 0.321 e. The summed E-state index contributed by atoms with van der Waals surface area (Å²) in [6.45, 7) is 6.38. The van der Waals surface area contributed by atoms with Crippen LogP contribution in [0.2, 0.25) is 0 Å². The molecule has 0 bridgehead atoms. The number of amides is 3. The second-order valence-corrected chi connectivity index (χ2v) is 10.3. The molecule has 0 radical (unpaired) electrons. The van der Waals surface area contributed by atoms with Crippen LogP contribution >= 0.6 is 23.1 Å². The number of thiophene rings is 1. The van der Waals surface area contributed by atoms with Crippen molar-refractivity contribution in [2.24, 2.45) is 5.92 Å². The zero-order valence-electron chi connectivity index (χ0n) is 17.8. The number of fused-ring (bicyclic) bond motifs is 1. The minimum atomic E-state index is -0.423. The molecule has 164 valence electrons. The lowest BCUT2D eigenvalue weighted by Gasteiger charge is -2.12. The number of aryl methyl sites for hydroxylation is 1. The molecule has 1 aliphatic rings. The van der Waals surface area contributed by atoms with Gasteiger partial charge in [0.2, 0.25) is 5.91 Å². The van der Waals surface area contributed by atoms with Gasteiger partial charge < -0.3 is 10.3 Å². The molecule has 2 aromatic heterocycles. The first kappa shape index (κ1) is 22.8. The van der Waals surface area contributed by atoms with Crippen molar-refractivity contribution in [1.82, 2.24) is 20.6 Å². The summed E-state index contributed by atoms with van der Waals surface area (Å²) >= 11 is 2.86. The van der Waals surface area contributed by atoms with Crippen molar-refractivity contribution in [2.45, 2.75) is 76.9 Å². The highest BCUT2D eigenvalue weighted by atomic mass is 32.2. The largest absolute Gasteiger partial charge is 0.335 e. The average Bonchev–Trinajstić information content (AvgIpc) is 3.29. The quantitative estimate of drug-likeness (QED) is 0.414. The van der Waals surface area contributed by atoms with E-state index < -0.39 is 6.03 Å². The number of thioether (sulfide) groups is 1. The highest BCUT2D eigenvalue weighted by molar-refractivity contribution is 7.99. The summed E-state index contributed by atoms with van der Waals surface area (Å²) in [5.41, 5.74) is 0.979. The first-order chi connectivity index (χ1) is 14.4. The van der Waals surface area contributed by atoms with Gasteiger partial charge in [0.15, 0.2) is 5.16 Å². The topological polar surface area (TPSA) is 104 Å². The summed E-state index contributed by atoms with van der Waals surface area (Å²) in [5, 5.41) is 6.41. The SMILES string of the molecule is CCC(C)Cc1c(C)sc2nc(SCCC(=O)NC(=O)NC3CCCC3)[nH]c(=O)c12. The van der Waals surface area contributed by atoms with Crippen molar-refractivity contribution in [2.75, 3.05) is 5.75 Å². The van der Waals surface area contributed by atoms with E-state index in [0.717, 1.165) is 53.8 Å². The molecule has 3 N–H and O–H groups in total. The summed E-state index contributed by atoms with van der Waals surface area (Å²) in [5.74, 6) is 0.615. The Morgan fingerprint density at radius 2 is 2.07 bits per heavy atom. The van der Waals surface area contributed by atoms with Crippen molar-refractivity contribution in [1.29, 1.82) is 0 Å². The van der Waals surface area contributed by atoms with Gasteiger partial charge in [-0.3, -0.25) is 14.9 Å². The van der Waals surface area contributed by atoms with Crippen molar-refractivity contribution >= 4 is 45.3 Å². The van der Waals surface area contributed by atoms with E-state index in [9.17, 15) is 14.4 Å². The van der Waals surface area contributed by atoms with Gasteiger partial charge in [0.05, 0.1) is 5.39 Å². The molecule has 1 unspecified atom stereocenters. The minimum Gasteiger partial charge on any atom is -0.335 e. The van der Waals surface area contributed by atoms with Gasteiger partial charge >= 0.3 is 6.03 Å². The number of carbonyl (C=O) groups excluding carboxylic acids is 2. The Bertz CT molecular complexity index is 963. The number of aromatic amines is 1. The molecule has 30 heavy (non-hydrogen) atoms. The van der Waals surface area contributed by atoms with Gasteiger partial charge in [0, 0.05) is 23.1 Å². The van der Waals surface area contributed by atoms with Crippen molar-refractivity contribution in [3.8, 4) is 0 Å². The third-order valence-electron chi connectivity index (χ3n) is 5.60. The van der Waals surface area contributed by atoms with E-state index in [1.165, 1.54) is 11.8 Å². The Balaban J connectivity index is 1.55. The van der Waals surface area contributed by atoms with Crippen LogP contribution in [0, 0.1) is 12.8 Å². The molecule has 2 heterocycles. The molecular weight excluding hydrogens is 420 g/mol. The summed E-state index contributed by atoms with van der Waals surface area (Å²) in [4.78, 5) is 45.9. The molecule has 9 heteroatoms. The van der Waals surface area contributed by atoms with Gasteiger partial charge in [-0.1, -0.05) is 44.9 Å². The molecule has 1 aliphatic carbocycles. The van der Waals surface area contributed by atoms with E-state index in [0.29, 0.717) is 22.2 Å². The maximum Gasteiger partial charge on any atom is 0.321 e. The Morgan fingerprint density at radius 1 is 1.33 bits per heavy atom. The Hall–Kier alpha value is -1.87. The van der Waals surface area contributed by atoms with Gasteiger partial charge in [0.25, 0.3) is 5.56 Å². The maximum absolute atomic E-state index is 12.7. The van der Waals surface area contributed by atoms with Crippen LogP contribution in [0.5, 0.6) is 0 Å². The Kier molecular flexibility index (Phi) is 7.93. The number of nitrogens with one attached hydrogen (secondary N) is 3. The fourth-order valence-electron chi connectivity index (χ4n) is 3.68. The number of nitrogens with zero attached hydrogens (tertiary/aromatic N) is 1. The third-order valence-corrected chi connectivity index (χ3v) is 7.52. The Morgan fingerprint density at radius 3 is 2.77 bits per heavy atom. The molecule has 0 aliphatic heterocycles. The van der Waals surface area contributed by atoms with E-state index in [-0.39, 0.29) is 23.9 Å². The minimum absolute atomic E-state index is 0.120. The van der Waals surface area contributed by atoms with Crippen LogP contribution in [0.4, 0.5) is 4.79 Å². The van der Waals surface area contributed by atoms with Gasteiger partial charge in [0.1, 0.15) is 4.83 Å². The zero-order chi connectivity index (χ0) is 21.7. The maximum atomic E-state index is 12.7. The van der Waals surface area contributed by atoms with Crippen molar-refractivity contribution in [3.05, 3.63) is 20.8 Å². The lowest BCUT2D eigenvalue weighted by molar-refractivity contribution is -0.119. The van der Waals surface area contributed by atoms with E-state index in [1.54, 1.807) is 11.3 Å². The molecule has 1 saturated carbocycles. The van der Waals surface area contributed by atoms with Crippen LogP contribution in [0.1, 0.15) is 62.8 Å². The van der Waals surface area contributed by atoms with Gasteiger partial charge in [-0.15, -0.1) is 11.3 Å². The van der Waals surface area contributed by atoms with Crippen molar-refractivity contribution in [3.63, 3.8) is 0 Å². The molecule has 0 spiro atoms. The number of hydrogen-bond acceptors (Lipinski definition) is 6. The molecule has 3 amide bonds. The second-order valence-electron chi connectivity index (χ2n) is 8.01. The first-order valence-electron chi connectivity index (χ1n) is 10.6. The second kappa shape index (κ2) is 10.4. The summed E-state index contributed by atoms with van der Waals surface area (Å²) in [6, 6.07) is -0.250. The highest BCUT2D eigenvalue weighted by Crippen LogP contribution is 2.30. The fraction of sp³-hybridized carbons (Fsp3) is 0.619. The summed E-state index contributed by atoms with van der Waals surface area (Å²) < 4.78 is 0. The number of rotatable bonds is 8. The van der Waals surface area contributed by atoms with Gasteiger partial charge in [-0.2, -0.15) is 0 Å². The number of hydrogen-bond donors (Lipinski definition) is 3. The summed E-state index contributed by atoms with van der Waals surface area (Å²) in [6.07, 6.45) is 6.30. The normalized spacial score (nSPS) is 15.4. The van der Waals surface area contributed by atoms with E-state index >= 15 is 0 Å². The monoisotopic (exact) mass is 450 g/mol. The predicted molar refractivity (Wildman–Crippen MR) is 122 cm³/mol. The molecule has 0 aromatic carbocycles. The van der Waals surface area contributed by atoms with Gasteiger partial charge in [-0.25, -0.2) is 9.78 Å². The molecule has 3 rings (SSSR count). The standard InChI is InChI=1S/C21H30N4O3S2/c1-4-12(2)11-15-13(3)30-19-17(15)18(27)24-21(25-19)29-10-9-16(26)23-20(28)22-14-7-5-6-8-14/h12,14H,4-11H2,1-3H3,(H,24,25,27)(H2,22,23,26,28). The number of imide groups is 1. The number of aromatic nitrogens is 2. The van der Waals surface area contributed by atoms with E-state index in [2.05, 4.69) is 34.4 Å². The van der Waals surface area contributed by atoms with Crippen LogP contribution < -0.4 is 16.2 Å². The Labute approximate surface area is 184 Å². The lowest BCUT2D eigenvalue weighted by atomic mass is 9.98. The molecular formula is C21H30N4O3S2. The summed E-state index contributed by atoms with van der Waals surface area (Å²) in [7, 11) is 0. The van der Waals surface area contributed by atoms with Crippen LogP contribution in [0.15, 0.2) is 9.95 Å². The fourth-order valence-corrected chi connectivity index (χ4v) is 5.60. The van der Waals surface area contributed by atoms with Crippen LogP contribution in [-0.4, -0.2) is 33.7 Å². The number of urea groups is 1. The van der Waals surface area contributed by atoms with Crippen LogP contribution in [0.25, 0.3) is 10.2 Å². The lowest BCUT2D eigenvalue weighted by Crippen LogP contribution is -2.43. The van der Waals surface area contributed by atoms with Crippen molar-refractivity contribution < 1.29 is 9.59 Å². The zero-order valence-corrected chi connectivity index (χ0v) is 19.4. The molecule has 7 nitrogen and oxygen atoms in total. The average molecular weight is 451 g/mol. The molecule has 2 aromatic rings. The van der Waals surface area contributed by atoms with E-state index in [1.807, 2.05) is 6.92 Å². The first-order valence-corrected chi connectivity index (χ1v) is 12.4. The third kappa shape index (κ3) is 5.85. The van der Waals surface area contributed by atoms with Gasteiger partial charge in [-0.05, 0) is 37.7 Å². The van der Waals surface area contributed by atoms with Crippen LogP contribution in [0.3, 0.4) is 0 Å². The number of carbonyl (C=O) groups is 2. The van der Waals surface area contributed by atoms with Crippen LogP contribution in [-0.2, 0) is 11.2 Å². The van der Waals surface area contributed by atoms with E-state index in [4.69, 9.17) is 0 Å². The number of H-pyrrole nitrogens is 1. The molecule has 1 atom stereocenters. The molecule has 0 saturated heterocycles. The molecule has 1 fully saturated rings. The highest BCUT2D eigenvalue weighted by Gasteiger charge is 2.19.